The van der Waals surface area contributed by atoms with E-state index in [0.717, 1.165) is 30.7 Å². The zero-order valence-electron chi connectivity index (χ0n) is 9.30. The van der Waals surface area contributed by atoms with Gasteiger partial charge < -0.3 is 4.90 Å². The van der Waals surface area contributed by atoms with Crippen molar-refractivity contribution in [1.29, 1.82) is 0 Å². The van der Waals surface area contributed by atoms with Crippen LogP contribution in [0.5, 0.6) is 0 Å². The van der Waals surface area contributed by atoms with Crippen molar-refractivity contribution in [2.75, 3.05) is 6.54 Å². The van der Waals surface area contributed by atoms with Gasteiger partial charge in [-0.1, -0.05) is 19.7 Å². The summed E-state index contributed by atoms with van der Waals surface area (Å²) in [6.45, 7) is 13.8. The van der Waals surface area contributed by atoms with Gasteiger partial charge in [-0.15, -0.1) is 0 Å². The van der Waals surface area contributed by atoms with Gasteiger partial charge in [-0.05, 0) is 37.5 Å². The highest BCUT2D eigenvalue weighted by atomic mass is 19.1. The molecule has 0 spiro atoms. The largest absolute Gasteiger partial charge is 0.365 e. The first-order valence-electron chi connectivity index (χ1n) is 5.17. The van der Waals surface area contributed by atoms with Gasteiger partial charge in [0, 0.05) is 12.2 Å². The first-order valence-corrected chi connectivity index (χ1v) is 5.17. The Morgan fingerprint density at radius 1 is 1.47 bits per heavy atom. The minimum absolute atomic E-state index is 0.253. The lowest BCUT2D eigenvalue weighted by Crippen LogP contribution is -2.28. The Morgan fingerprint density at radius 3 is 2.67 bits per heavy atom. The summed E-state index contributed by atoms with van der Waals surface area (Å²) in [7, 11) is 0. The van der Waals surface area contributed by atoms with E-state index in [0.29, 0.717) is 0 Å². The van der Waals surface area contributed by atoms with Gasteiger partial charge in [-0.25, -0.2) is 4.39 Å². The van der Waals surface area contributed by atoms with Crippen molar-refractivity contribution in [1.82, 2.24) is 4.90 Å². The number of rotatable bonds is 4. The van der Waals surface area contributed by atoms with Crippen molar-refractivity contribution in [3.05, 3.63) is 49.0 Å². The Labute approximate surface area is 91.3 Å². The van der Waals surface area contributed by atoms with Crippen LogP contribution >= 0.6 is 0 Å². The van der Waals surface area contributed by atoms with Gasteiger partial charge in [0.05, 0.1) is 6.04 Å². The highest BCUT2D eigenvalue weighted by Gasteiger charge is 2.25. The summed E-state index contributed by atoms with van der Waals surface area (Å²) in [5.41, 5.74) is 1.91. The first-order chi connectivity index (χ1) is 7.06. The molecule has 0 aliphatic carbocycles. The summed E-state index contributed by atoms with van der Waals surface area (Å²) in [6, 6.07) is 0.253. The molecule has 0 aromatic heterocycles. The van der Waals surface area contributed by atoms with Crippen LogP contribution in [0.4, 0.5) is 4.39 Å². The summed E-state index contributed by atoms with van der Waals surface area (Å²) in [5, 5.41) is 0. The second-order valence-corrected chi connectivity index (χ2v) is 3.88. The molecule has 1 aliphatic heterocycles. The van der Waals surface area contributed by atoms with Gasteiger partial charge in [-0.2, -0.15) is 0 Å². The van der Waals surface area contributed by atoms with Crippen molar-refractivity contribution in [3.63, 3.8) is 0 Å². The van der Waals surface area contributed by atoms with Crippen LogP contribution in [0.1, 0.15) is 19.8 Å². The topological polar surface area (TPSA) is 3.24 Å². The lowest BCUT2D eigenvalue weighted by molar-refractivity contribution is 0.366. The normalized spacial score (nSPS) is 21.6. The smallest absolute Gasteiger partial charge is 0.116 e. The molecular weight excluding hydrogens is 189 g/mol. The van der Waals surface area contributed by atoms with Crippen LogP contribution < -0.4 is 0 Å². The van der Waals surface area contributed by atoms with E-state index in [1.807, 2.05) is 6.92 Å². The fourth-order valence-electron chi connectivity index (χ4n) is 2.04. The van der Waals surface area contributed by atoms with E-state index in [2.05, 4.69) is 24.6 Å². The van der Waals surface area contributed by atoms with Crippen LogP contribution in [0, 0.1) is 0 Å². The number of likely N-dealkylation sites (tertiary alicyclic amines) is 1. The molecule has 0 saturated carbocycles. The maximum absolute atomic E-state index is 12.7. The lowest BCUT2D eigenvalue weighted by Gasteiger charge is -2.27. The summed E-state index contributed by atoms with van der Waals surface area (Å²) in [6.07, 6.45) is 5.40. The summed E-state index contributed by atoms with van der Waals surface area (Å²) in [5.74, 6) is -0.386. The molecule has 1 nitrogen and oxygen atoms in total. The average Bonchev–Trinajstić information content (AvgIpc) is 2.63. The molecule has 2 heteroatoms. The fraction of sp³-hybridized carbons (Fsp3) is 0.385. The van der Waals surface area contributed by atoms with Crippen LogP contribution in [0.25, 0.3) is 0 Å². The molecule has 0 radical (unpaired) electrons. The number of hydrogen-bond acceptors (Lipinski definition) is 1. The van der Waals surface area contributed by atoms with E-state index in [1.54, 1.807) is 6.08 Å². The lowest BCUT2D eigenvalue weighted by atomic mass is 10.1. The zero-order chi connectivity index (χ0) is 11.4. The second-order valence-electron chi connectivity index (χ2n) is 3.88. The van der Waals surface area contributed by atoms with Gasteiger partial charge in [0.2, 0.25) is 0 Å². The Bertz CT molecular complexity index is 314. The minimum atomic E-state index is -0.386. The Kier molecular flexibility index (Phi) is 3.89. The van der Waals surface area contributed by atoms with E-state index >= 15 is 0 Å². The van der Waals surface area contributed by atoms with Gasteiger partial charge >= 0.3 is 0 Å². The van der Waals surface area contributed by atoms with E-state index in [1.165, 1.54) is 6.08 Å². The maximum atomic E-state index is 12.7. The first kappa shape index (κ1) is 11.8. The number of allylic oxidation sites excluding steroid dienone is 3. The van der Waals surface area contributed by atoms with Gasteiger partial charge in [0.25, 0.3) is 0 Å². The molecule has 0 N–H and O–H groups in total. The van der Waals surface area contributed by atoms with Crippen LogP contribution in [-0.4, -0.2) is 17.5 Å². The van der Waals surface area contributed by atoms with Crippen LogP contribution in [0.3, 0.4) is 0 Å². The number of nitrogens with zero attached hydrogens (tertiary/aromatic N) is 1. The number of halogens is 1. The van der Waals surface area contributed by atoms with Crippen molar-refractivity contribution in [2.24, 2.45) is 0 Å². The highest BCUT2D eigenvalue weighted by Crippen LogP contribution is 2.27. The van der Waals surface area contributed by atoms with E-state index < -0.39 is 0 Å². The molecule has 1 atom stereocenters. The molecule has 1 unspecified atom stereocenters. The molecule has 0 amide bonds. The molecule has 1 fully saturated rings. The standard InChI is InChI=1S/C13H18FN/c1-5-12(4)15-8-6-7-13(15)10(2)9-11(3)14/h5,9,13H,1,3-4,6-8H2,2H3. The van der Waals surface area contributed by atoms with Gasteiger partial charge in [0.15, 0.2) is 0 Å². The SMILES string of the molecule is C=CC(=C)N1CCCC1C(C)=CC(=C)F. The molecule has 0 aromatic carbocycles. The zero-order valence-corrected chi connectivity index (χ0v) is 9.30. The second kappa shape index (κ2) is 4.96. The monoisotopic (exact) mass is 207 g/mol. The van der Waals surface area contributed by atoms with Gasteiger partial charge in [0.1, 0.15) is 5.83 Å². The van der Waals surface area contributed by atoms with E-state index in [-0.39, 0.29) is 11.9 Å². The predicted octanol–water partition coefficient (Wildman–Crippen LogP) is 3.58. The average molecular weight is 207 g/mol. The third-order valence-electron chi connectivity index (χ3n) is 2.77. The molecule has 1 rings (SSSR count). The molecular formula is C13H18FN. The molecule has 1 aliphatic rings. The van der Waals surface area contributed by atoms with Crippen molar-refractivity contribution in [3.8, 4) is 0 Å². The summed E-state index contributed by atoms with van der Waals surface area (Å²) in [4.78, 5) is 2.17. The Morgan fingerprint density at radius 2 is 2.13 bits per heavy atom. The van der Waals surface area contributed by atoms with Crippen molar-refractivity contribution < 1.29 is 4.39 Å². The van der Waals surface area contributed by atoms with Gasteiger partial charge in [-0.3, -0.25) is 0 Å². The van der Waals surface area contributed by atoms with Crippen molar-refractivity contribution >= 4 is 0 Å². The van der Waals surface area contributed by atoms with Crippen LogP contribution in [0.15, 0.2) is 49.0 Å². The Balaban J connectivity index is 2.80. The Hall–Kier alpha value is -1.31. The third-order valence-corrected chi connectivity index (χ3v) is 2.77. The molecule has 1 saturated heterocycles. The molecule has 15 heavy (non-hydrogen) atoms. The minimum Gasteiger partial charge on any atom is -0.365 e. The molecule has 82 valence electrons. The number of hydrogen-bond donors (Lipinski definition) is 0. The predicted molar refractivity (Wildman–Crippen MR) is 63.1 cm³/mol. The highest BCUT2D eigenvalue weighted by molar-refractivity contribution is 5.24. The molecule has 1 heterocycles. The maximum Gasteiger partial charge on any atom is 0.116 e. The van der Waals surface area contributed by atoms with Crippen LogP contribution in [-0.2, 0) is 0 Å². The van der Waals surface area contributed by atoms with Crippen molar-refractivity contribution in [2.45, 2.75) is 25.8 Å². The fourth-order valence-corrected chi connectivity index (χ4v) is 2.04. The van der Waals surface area contributed by atoms with E-state index in [9.17, 15) is 4.39 Å². The summed E-state index contributed by atoms with van der Waals surface area (Å²) < 4.78 is 12.7. The summed E-state index contributed by atoms with van der Waals surface area (Å²) >= 11 is 0. The quantitative estimate of drug-likeness (QED) is 0.637. The third kappa shape index (κ3) is 2.82. The molecule has 0 bridgehead atoms. The molecule has 0 aromatic rings. The van der Waals surface area contributed by atoms with Crippen LogP contribution in [0.2, 0.25) is 0 Å². The van der Waals surface area contributed by atoms with E-state index in [4.69, 9.17) is 0 Å².